The second-order valence-corrected chi connectivity index (χ2v) is 6.77. The zero-order valence-electron chi connectivity index (χ0n) is 12.6. The van der Waals surface area contributed by atoms with E-state index in [4.69, 9.17) is 11.6 Å². The third kappa shape index (κ3) is 3.65. The molecule has 4 heteroatoms. The number of carbonyl (C=O) groups excluding carboxylic acids is 1. The minimum atomic E-state index is 0.153. The number of hydrogen-bond acceptors (Lipinski definition) is 3. The van der Waals surface area contributed by atoms with Gasteiger partial charge in [-0.15, -0.1) is 0 Å². The summed E-state index contributed by atoms with van der Waals surface area (Å²) in [5.41, 5.74) is 2.48. The number of carbonyl (C=O) groups is 1. The molecule has 2 aliphatic rings. The van der Waals surface area contributed by atoms with Gasteiger partial charge in [-0.3, -0.25) is 9.69 Å². The van der Waals surface area contributed by atoms with E-state index in [9.17, 15) is 4.79 Å². The Balaban J connectivity index is 1.47. The Morgan fingerprint density at radius 3 is 2.62 bits per heavy atom. The van der Waals surface area contributed by atoms with Crippen molar-refractivity contribution < 1.29 is 4.79 Å². The fourth-order valence-electron chi connectivity index (χ4n) is 3.19. The monoisotopic (exact) mass is 306 g/mol. The molecule has 3 nitrogen and oxygen atoms in total. The Bertz CT molecular complexity index is 524. The largest absolute Gasteiger partial charge is 0.305 e. The highest BCUT2D eigenvalue weighted by atomic mass is 35.5. The van der Waals surface area contributed by atoms with Crippen LogP contribution in [0.1, 0.15) is 36.8 Å². The third-order valence-electron chi connectivity index (χ3n) is 4.72. The van der Waals surface area contributed by atoms with E-state index in [2.05, 4.69) is 29.3 Å². The molecular formula is C17H23ClN2O. The fraction of sp³-hybridized carbons (Fsp3) is 0.588. The van der Waals surface area contributed by atoms with Gasteiger partial charge in [-0.25, -0.2) is 0 Å². The Kier molecular flexibility index (Phi) is 4.63. The second-order valence-electron chi connectivity index (χ2n) is 6.36. The molecule has 1 saturated carbocycles. The number of nitrogens with zero attached hydrogens (tertiary/aromatic N) is 1. The molecule has 1 saturated heterocycles. The number of piperidine rings is 1. The molecule has 1 N–H and O–H groups in total. The van der Waals surface area contributed by atoms with Crippen molar-refractivity contribution in [2.24, 2.45) is 0 Å². The first kappa shape index (κ1) is 15.0. The summed E-state index contributed by atoms with van der Waals surface area (Å²) >= 11 is 6.07. The zero-order chi connectivity index (χ0) is 14.8. The first-order chi connectivity index (χ1) is 10.1. The highest BCUT2D eigenvalue weighted by Gasteiger charge is 2.31. The standard InChI is InChI=1S/C17H23ClN2O/c1-12-10-13(2-3-15(12)18)11-20-8-6-14(7-9-20)19-16-4-5-17(16)21/h2-3,10,14,16,19H,4-9,11H2,1H3. The number of hydrogen-bond donors (Lipinski definition) is 1. The zero-order valence-corrected chi connectivity index (χ0v) is 13.3. The van der Waals surface area contributed by atoms with Crippen molar-refractivity contribution in [2.45, 2.75) is 51.2 Å². The number of Topliss-reactive ketones (excluding diaryl/α,β-unsaturated/α-hetero) is 1. The van der Waals surface area contributed by atoms with Crippen LogP contribution >= 0.6 is 11.6 Å². The summed E-state index contributed by atoms with van der Waals surface area (Å²) in [7, 11) is 0. The van der Waals surface area contributed by atoms with E-state index >= 15 is 0 Å². The normalized spacial score (nSPS) is 24.1. The molecule has 21 heavy (non-hydrogen) atoms. The highest BCUT2D eigenvalue weighted by molar-refractivity contribution is 6.31. The lowest BCUT2D eigenvalue weighted by Crippen LogP contribution is -2.52. The SMILES string of the molecule is Cc1cc(CN2CCC(NC3CCC3=O)CC2)ccc1Cl. The first-order valence-corrected chi connectivity index (χ1v) is 8.26. The summed E-state index contributed by atoms with van der Waals surface area (Å²) < 4.78 is 0. The molecule has 0 amide bonds. The molecule has 1 heterocycles. The summed E-state index contributed by atoms with van der Waals surface area (Å²) in [6, 6.07) is 6.96. The van der Waals surface area contributed by atoms with Gasteiger partial charge < -0.3 is 5.32 Å². The quantitative estimate of drug-likeness (QED) is 0.928. The van der Waals surface area contributed by atoms with E-state index in [0.29, 0.717) is 11.8 Å². The van der Waals surface area contributed by atoms with Crippen LogP contribution in [0, 0.1) is 6.92 Å². The van der Waals surface area contributed by atoms with Gasteiger partial charge in [0, 0.05) is 24.0 Å². The van der Waals surface area contributed by atoms with E-state index in [1.54, 1.807) is 0 Å². The molecule has 1 unspecified atom stereocenters. The summed E-state index contributed by atoms with van der Waals surface area (Å²) in [6.45, 7) is 5.24. The fourth-order valence-corrected chi connectivity index (χ4v) is 3.31. The molecule has 1 aromatic rings. The summed E-state index contributed by atoms with van der Waals surface area (Å²) in [5, 5.41) is 4.35. The molecule has 0 spiro atoms. The molecule has 1 aliphatic carbocycles. The number of aryl methyl sites for hydroxylation is 1. The van der Waals surface area contributed by atoms with Crippen molar-refractivity contribution in [3.63, 3.8) is 0 Å². The van der Waals surface area contributed by atoms with Crippen LogP contribution < -0.4 is 5.32 Å². The minimum absolute atomic E-state index is 0.153. The van der Waals surface area contributed by atoms with Crippen molar-refractivity contribution in [1.82, 2.24) is 10.2 Å². The van der Waals surface area contributed by atoms with Gasteiger partial charge in [-0.05, 0) is 56.5 Å². The van der Waals surface area contributed by atoms with E-state index < -0.39 is 0 Å². The van der Waals surface area contributed by atoms with Crippen LogP contribution in [0.5, 0.6) is 0 Å². The Labute approximate surface area is 131 Å². The maximum Gasteiger partial charge on any atom is 0.149 e. The number of ketones is 1. The van der Waals surface area contributed by atoms with Gasteiger partial charge in [0.2, 0.25) is 0 Å². The number of benzene rings is 1. The van der Waals surface area contributed by atoms with Gasteiger partial charge in [-0.1, -0.05) is 23.7 Å². The first-order valence-electron chi connectivity index (χ1n) is 7.88. The Morgan fingerprint density at radius 2 is 2.05 bits per heavy atom. The molecule has 0 radical (unpaired) electrons. The molecule has 114 valence electrons. The number of nitrogens with one attached hydrogen (secondary N) is 1. The maximum atomic E-state index is 11.4. The van der Waals surface area contributed by atoms with Crippen LogP contribution in [0.3, 0.4) is 0 Å². The van der Waals surface area contributed by atoms with Crippen LogP contribution in [-0.4, -0.2) is 35.9 Å². The molecule has 1 atom stereocenters. The van der Waals surface area contributed by atoms with Crippen LogP contribution in [0.2, 0.25) is 5.02 Å². The average Bonchev–Trinajstić information content (AvgIpc) is 2.48. The van der Waals surface area contributed by atoms with Gasteiger partial charge in [0.05, 0.1) is 6.04 Å². The van der Waals surface area contributed by atoms with Crippen LogP contribution in [-0.2, 0) is 11.3 Å². The van der Waals surface area contributed by atoms with Gasteiger partial charge in [0.25, 0.3) is 0 Å². The molecule has 3 rings (SSSR count). The highest BCUT2D eigenvalue weighted by Crippen LogP contribution is 2.21. The van der Waals surface area contributed by atoms with Crippen LogP contribution in [0.4, 0.5) is 0 Å². The van der Waals surface area contributed by atoms with Gasteiger partial charge in [0.15, 0.2) is 0 Å². The van der Waals surface area contributed by atoms with E-state index in [1.807, 2.05) is 6.07 Å². The summed E-state index contributed by atoms with van der Waals surface area (Å²) in [6.07, 6.45) is 4.07. The topological polar surface area (TPSA) is 32.3 Å². The van der Waals surface area contributed by atoms with Crippen molar-refractivity contribution >= 4 is 17.4 Å². The van der Waals surface area contributed by atoms with Crippen molar-refractivity contribution in [2.75, 3.05) is 13.1 Å². The summed E-state index contributed by atoms with van der Waals surface area (Å²) in [5.74, 6) is 0.397. The third-order valence-corrected chi connectivity index (χ3v) is 5.15. The van der Waals surface area contributed by atoms with E-state index in [-0.39, 0.29) is 6.04 Å². The number of halogens is 1. The van der Waals surface area contributed by atoms with Crippen molar-refractivity contribution in [3.8, 4) is 0 Å². The smallest absolute Gasteiger partial charge is 0.149 e. The van der Waals surface area contributed by atoms with Gasteiger partial charge in [-0.2, -0.15) is 0 Å². The van der Waals surface area contributed by atoms with Crippen molar-refractivity contribution in [3.05, 3.63) is 34.3 Å². The van der Waals surface area contributed by atoms with E-state index in [1.165, 1.54) is 5.56 Å². The molecular weight excluding hydrogens is 284 g/mol. The van der Waals surface area contributed by atoms with Crippen LogP contribution in [0.25, 0.3) is 0 Å². The minimum Gasteiger partial charge on any atom is -0.305 e. The Morgan fingerprint density at radius 1 is 1.29 bits per heavy atom. The molecule has 1 aliphatic heterocycles. The number of likely N-dealkylation sites (tertiary alicyclic amines) is 1. The lowest BCUT2D eigenvalue weighted by atomic mass is 9.89. The Hall–Kier alpha value is -0.900. The average molecular weight is 307 g/mol. The van der Waals surface area contributed by atoms with E-state index in [0.717, 1.165) is 55.9 Å². The predicted octanol–water partition coefficient (Wildman–Crippen LogP) is 2.93. The molecule has 2 fully saturated rings. The van der Waals surface area contributed by atoms with Crippen LogP contribution in [0.15, 0.2) is 18.2 Å². The van der Waals surface area contributed by atoms with Crippen molar-refractivity contribution in [1.29, 1.82) is 0 Å². The molecule has 0 bridgehead atoms. The maximum absolute atomic E-state index is 11.4. The lowest BCUT2D eigenvalue weighted by molar-refractivity contribution is -0.126. The summed E-state index contributed by atoms with van der Waals surface area (Å²) in [4.78, 5) is 13.9. The predicted molar refractivity (Wildman–Crippen MR) is 85.7 cm³/mol. The van der Waals surface area contributed by atoms with Gasteiger partial charge in [0.1, 0.15) is 5.78 Å². The molecule has 0 aromatic heterocycles. The van der Waals surface area contributed by atoms with Gasteiger partial charge >= 0.3 is 0 Å². The lowest BCUT2D eigenvalue weighted by Gasteiger charge is -2.36. The molecule has 1 aromatic carbocycles. The number of rotatable bonds is 4. The second kappa shape index (κ2) is 6.47.